The smallest absolute Gasteiger partial charge is 0.373 e. The molecule has 13 nitrogen and oxygen atoms in total. The Morgan fingerprint density at radius 2 is 0.500 bits per heavy atom. The summed E-state index contributed by atoms with van der Waals surface area (Å²) in [4.78, 5) is 97.5. The Morgan fingerprint density at radius 3 is 0.739 bits per heavy atom. The monoisotopic (exact) mass is 2030 g/mol. The number of hydrogen-bond acceptors (Lipinski definition) is 18. The van der Waals surface area contributed by atoms with Crippen LogP contribution in [-0.4, -0.2) is 44.0 Å². The first-order chi connectivity index (χ1) is 65.2. The Bertz CT molecular complexity index is 5700. The van der Waals surface area contributed by atoms with E-state index >= 15 is 0 Å². The maximum Gasteiger partial charge on any atom is 0.373 e. The van der Waals surface area contributed by atoms with Crippen molar-refractivity contribution in [1.82, 2.24) is 0 Å². The van der Waals surface area contributed by atoms with Crippen molar-refractivity contribution in [2.24, 2.45) is 0 Å². The Morgan fingerprint density at radius 1 is 0.269 bits per heavy atom. The minimum absolute atomic E-state index is 0. The zero-order chi connectivity index (χ0) is 96.1. The van der Waals surface area contributed by atoms with Crippen molar-refractivity contribution in [3.8, 4) is 5.75 Å². The lowest BCUT2D eigenvalue weighted by molar-refractivity contribution is -0.193. The van der Waals surface area contributed by atoms with Crippen LogP contribution in [0.4, 0.5) is 0 Å². The van der Waals surface area contributed by atoms with Gasteiger partial charge in [0.1, 0.15) is 28.9 Å². The van der Waals surface area contributed by atoms with E-state index in [1.165, 1.54) is 104 Å². The minimum atomic E-state index is -1.79. The molecule has 0 aliphatic rings. The molecule has 0 aliphatic carbocycles. The molecule has 676 valence electrons. The number of aryl methyl sites for hydroxylation is 3. The Balaban J connectivity index is 0.000000392. The van der Waals surface area contributed by atoms with Crippen molar-refractivity contribution < 1.29 is 79.3 Å². The predicted molar refractivity (Wildman–Crippen MR) is 553 cm³/mol. The predicted octanol–water partition coefficient (Wildman–Crippen LogP) is 23.1. The summed E-state index contributed by atoms with van der Waals surface area (Å²) in [5.41, 5.74) is 16.8. The van der Waals surface area contributed by atoms with Crippen LogP contribution in [0.5, 0.6) is 5.75 Å². The highest BCUT2D eigenvalue weighted by Gasteiger charge is 2.45. The van der Waals surface area contributed by atoms with Gasteiger partial charge >= 0.3 is 36.9 Å². The van der Waals surface area contributed by atoms with E-state index in [-0.39, 0.29) is 53.9 Å². The van der Waals surface area contributed by atoms with Crippen LogP contribution in [-0.2, 0) is 69.0 Å². The highest BCUT2D eigenvalue weighted by molar-refractivity contribution is 9.08. The fraction of sp³-hybridized carbons (Fsp3) is 0.0536. The van der Waals surface area contributed by atoms with Crippen molar-refractivity contribution in [3.05, 3.63) is 502 Å². The van der Waals surface area contributed by atoms with E-state index in [1.807, 2.05) is 71.4 Å². The molecule has 5 aromatic heterocycles. The van der Waals surface area contributed by atoms with Gasteiger partial charge in [-0.2, -0.15) is 103 Å². The van der Waals surface area contributed by atoms with Crippen LogP contribution in [0.2, 0.25) is 0 Å². The molecule has 0 radical (unpaired) electrons. The Kier molecular flexibility index (Phi) is 63.6. The lowest BCUT2D eigenvalue weighted by atomic mass is 10.1. The summed E-state index contributed by atoms with van der Waals surface area (Å²) >= 11 is 11.9. The van der Waals surface area contributed by atoms with E-state index in [0.717, 1.165) is 17.2 Å². The van der Waals surface area contributed by atoms with Gasteiger partial charge in [0.15, 0.2) is 0 Å². The lowest BCUT2D eigenvalue weighted by Gasteiger charge is -2.28. The van der Waals surface area contributed by atoms with Crippen molar-refractivity contribution >= 4 is 205 Å². The molecular weight excluding hydrogens is 1940 g/mol. The van der Waals surface area contributed by atoms with Crippen molar-refractivity contribution in [2.75, 3.05) is 7.11 Å². The average molecular weight is 2030 g/mol. The quantitative estimate of drug-likeness (QED) is 0.0578. The van der Waals surface area contributed by atoms with Gasteiger partial charge in [0.25, 0.3) is 0 Å². The number of rotatable bonds is 18. The number of methoxy groups -OCH3 is 1. The average Bonchev–Trinajstić information content (AvgIpc) is 0.892. The molecule has 0 saturated carbocycles. The molecular formula is C112H96Br2O13P2S5. The van der Waals surface area contributed by atoms with Gasteiger partial charge in [0, 0.05) is 10.7 Å². The van der Waals surface area contributed by atoms with Crippen LogP contribution in [0.15, 0.2) is 430 Å². The number of alkyl halides is 1. The van der Waals surface area contributed by atoms with Crippen molar-refractivity contribution in [2.45, 2.75) is 32.3 Å². The van der Waals surface area contributed by atoms with Gasteiger partial charge in [-0.25, -0.2) is 0 Å². The maximum absolute atomic E-state index is 8.12. The van der Waals surface area contributed by atoms with Gasteiger partial charge in [0.2, 0.25) is 0 Å². The molecule has 0 spiro atoms. The Hall–Kier alpha value is -14.0. The topological polar surface area (TPSA) is 214 Å². The summed E-state index contributed by atoms with van der Waals surface area (Å²) in [5, 5.41) is 30.3. The van der Waals surface area contributed by atoms with E-state index in [4.69, 9.17) is 62.3 Å². The molecule has 17 aromatic rings. The molecule has 0 saturated heterocycles. The first-order valence-electron chi connectivity index (χ1n) is 40.4. The van der Waals surface area contributed by atoms with Crippen molar-refractivity contribution in [3.63, 3.8) is 0 Å². The molecule has 0 aliphatic heterocycles. The first kappa shape index (κ1) is 114. The zero-order valence-corrected chi connectivity index (χ0v) is 82.6. The molecule has 22 heteroatoms. The second-order valence-electron chi connectivity index (χ2n) is 26.8. The van der Waals surface area contributed by atoms with Gasteiger partial charge in [-0.15, -0.1) is 11.3 Å². The van der Waals surface area contributed by atoms with Gasteiger partial charge in [-0.1, -0.05) is 391 Å². The fourth-order valence-electron chi connectivity index (χ4n) is 11.9. The third-order valence-electron chi connectivity index (χ3n) is 17.6. The summed E-state index contributed by atoms with van der Waals surface area (Å²) in [6.07, 6.45) is 19.6. The number of benzene rings is 12. The molecule has 0 bridgehead atoms. The van der Waals surface area contributed by atoms with E-state index < -0.39 is 15.2 Å². The van der Waals surface area contributed by atoms with E-state index in [2.05, 4.69) is 444 Å². The molecule has 0 atom stereocenters. The van der Waals surface area contributed by atoms with Crippen LogP contribution in [0.3, 0.4) is 0 Å². The summed E-state index contributed by atoms with van der Waals surface area (Å²) in [7, 11) is -0.572. The first-order valence-corrected chi connectivity index (χ1v) is 49.6. The summed E-state index contributed by atoms with van der Waals surface area (Å²) in [6, 6.07) is 133. The summed E-state index contributed by atoms with van der Waals surface area (Å²) in [6.45, 7) is 6.39. The Labute approximate surface area is 824 Å². The molecule has 0 fully saturated rings. The minimum Gasteiger partial charge on any atom is -1.00 e. The van der Waals surface area contributed by atoms with Crippen LogP contribution in [0.1, 0.15) is 72.3 Å². The normalized spacial score (nSPS) is 9.51. The molecule has 0 unspecified atom stereocenters. The van der Waals surface area contributed by atoms with E-state index in [9.17, 15) is 0 Å². The van der Waals surface area contributed by atoms with Crippen LogP contribution in [0, 0.1) is 20.8 Å². The molecule has 5 heterocycles. The fourth-order valence-corrected chi connectivity index (χ4v) is 21.9. The van der Waals surface area contributed by atoms with Crippen LogP contribution < -0.4 is 53.5 Å². The van der Waals surface area contributed by atoms with Gasteiger partial charge in [-0.05, 0) is 215 Å². The second kappa shape index (κ2) is 74.6. The number of thiophene rings is 5. The number of ether oxygens (including phenoxy) is 1. The summed E-state index contributed by atoms with van der Waals surface area (Å²) in [5.74, 6) is 0.949. The number of halogens is 2. The number of carbonyl (C=O) groups excluding carboxylic acids is 12. The van der Waals surface area contributed by atoms with Gasteiger partial charge in [0.05, 0.1) is 13.3 Å². The molecule has 0 amide bonds. The van der Waals surface area contributed by atoms with Crippen LogP contribution >= 0.6 is 87.8 Å². The zero-order valence-electron chi connectivity index (χ0n) is 73.6. The molecule has 134 heavy (non-hydrogen) atoms. The largest absolute Gasteiger partial charge is 1.00 e. The maximum atomic E-state index is 8.12. The van der Waals surface area contributed by atoms with Gasteiger partial charge < -0.3 is 21.7 Å². The third-order valence-corrected chi connectivity index (χ3v) is 28.5. The van der Waals surface area contributed by atoms with Crippen molar-refractivity contribution in [1.29, 1.82) is 0 Å². The van der Waals surface area contributed by atoms with E-state index in [1.54, 1.807) is 63.8 Å². The highest BCUT2D eigenvalue weighted by atomic mass is 79.9. The molecule has 0 N–H and O–H groups in total. The van der Waals surface area contributed by atoms with Gasteiger partial charge in [-0.3, -0.25) is 0 Å². The highest BCUT2D eigenvalue weighted by Crippen LogP contribution is 2.58. The van der Waals surface area contributed by atoms with Crippen LogP contribution in [0.25, 0.3) is 48.6 Å². The molecule has 12 aromatic carbocycles. The SMILES string of the molecule is C(=C/c1ccsc1)/c1ccccc1.C(=C\c1ccsc1)/c1ccccc1.C(=C\c1ccsc1)/c1ccccc1.COc1ccsc1.Cc1cccc(/C=C/c2ccsc2)c1.Cc1cccc(CBr)c1.Cc1cccc(C[P+](c2ccccc2)(c2ccccc2)c2ccccc2)c1.O=C=O.O=C=O.O=C=O.O=C=O.O=C=O.O=C=O.[Br-].c1ccc(P(c2ccccc2)c2ccccc2)cc1. The summed E-state index contributed by atoms with van der Waals surface area (Å²) < 4.78 is 4.86. The molecule has 17 rings (SSSR count). The number of hydrogen-bond donors (Lipinski definition) is 0. The lowest BCUT2D eigenvalue weighted by Crippen LogP contribution is -3.00. The third kappa shape index (κ3) is 48.8. The second-order valence-corrected chi connectivity index (χ2v) is 37.0. The standard InChI is InChI=1S/C26H24P.C18H15P.C13H12S.3C12H10S.C8H9Br.C5H6OS.6CO2.BrH/c1-22-12-11-13-23(20-22)21-27(24-14-5-2-6-15-24,25-16-7-3-8-17-25)26-18-9-4-10-19-26;1-4-10-16(11-5-1)19(17-12-6-2-7-13-17)18-14-8-3-9-15-18;1-11-3-2-4-12(9-11)5-6-13-7-8-14-10-13;3*1-2-4-11(5-3-1)6-7-12-8-9-13-10-12;1-7-3-2-4-8(5-7)6-9;1-6-5-2-3-7-4-5;6*2-1-3;/h2-20H,21H2,1H3;1-15H;2-10H,1H3;3*1-10H;2-5H,6H2,1H3;2-4H,1H3;;;;;;;1H/q+1;;;;;;;;;;;;;;/p-1/b;;6-5+;2*7-6+;7-6-;;;;;;;;;. The van der Waals surface area contributed by atoms with E-state index in [0.29, 0.717) is 0 Å².